The third kappa shape index (κ3) is 1.92. The Balaban J connectivity index is 2.63. The molecule has 1 aromatic heterocycles. The van der Waals surface area contributed by atoms with E-state index in [9.17, 15) is 8.42 Å². The summed E-state index contributed by atoms with van der Waals surface area (Å²) in [7, 11) is -3.72. The van der Waals surface area contributed by atoms with Crippen LogP contribution in [0.15, 0.2) is 29.4 Å². The summed E-state index contributed by atoms with van der Waals surface area (Å²) in [5.74, 6) is 0. The molecule has 0 bridgehead atoms. The monoisotopic (exact) mass is 239 g/mol. The molecule has 0 fully saturated rings. The van der Waals surface area contributed by atoms with Gasteiger partial charge in [-0.25, -0.2) is 18.2 Å². The minimum absolute atomic E-state index is 0.0311. The second kappa shape index (κ2) is 3.65. The molecule has 0 aliphatic heterocycles. The minimum atomic E-state index is -3.72. The smallest absolute Gasteiger partial charge is 0.225 e. The summed E-state index contributed by atoms with van der Waals surface area (Å²) in [6.45, 7) is 1.82. The molecule has 7 nitrogen and oxygen atoms in total. The topological polar surface area (TPSA) is 104 Å². The van der Waals surface area contributed by atoms with Crippen LogP contribution in [0.2, 0.25) is 0 Å². The summed E-state index contributed by atoms with van der Waals surface area (Å²) in [5.41, 5.74) is 1.43. The van der Waals surface area contributed by atoms with Gasteiger partial charge in [-0.2, -0.15) is 0 Å². The van der Waals surface area contributed by atoms with Crippen LogP contribution in [0.3, 0.4) is 0 Å². The molecule has 2 aromatic rings. The van der Waals surface area contributed by atoms with Crippen molar-refractivity contribution in [1.82, 2.24) is 20.2 Å². The largest absolute Gasteiger partial charge is 0.238 e. The molecule has 0 unspecified atom stereocenters. The Labute approximate surface area is 91.9 Å². The first kappa shape index (κ1) is 10.7. The zero-order valence-electron chi connectivity index (χ0n) is 8.40. The van der Waals surface area contributed by atoms with E-state index in [1.165, 1.54) is 23.1 Å². The van der Waals surface area contributed by atoms with Gasteiger partial charge in [0.25, 0.3) is 0 Å². The van der Waals surface area contributed by atoms with Crippen LogP contribution in [0.4, 0.5) is 0 Å². The van der Waals surface area contributed by atoms with E-state index < -0.39 is 10.0 Å². The van der Waals surface area contributed by atoms with Gasteiger partial charge in [0, 0.05) is 0 Å². The number of tetrazole rings is 1. The third-order valence-corrected chi connectivity index (χ3v) is 3.02. The van der Waals surface area contributed by atoms with Crippen molar-refractivity contribution in [1.29, 1.82) is 0 Å². The van der Waals surface area contributed by atoms with E-state index in [4.69, 9.17) is 5.14 Å². The molecule has 16 heavy (non-hydrogen) atoms. The van der Waals surface area contributed by atoms with Crippen LogP contribution in [0, 0.1) is 6.92 Å². The highest BCUT2D eigenvalue weighted by atomic mass is 32.2. The van der Waals surface area contributed by atoms with Crippen LogP contribution in [-0.2, 0) is 10.0 Å². The maximum Gasteiger partial charge on any atom is 0.238 e. The Morgan fingerprint density at radius 3 is 2.69 bits per heavy atom. The molecule has 0 aliphatic rings. The quantitative estimate of drug-likeness (QED) is 0.769. The van der Waals surface area contributed by atoms with Crippen molar-refractivity contribution in [3.8, 4) is 5.69 Å². The lowest BCUT2D eigenvalue weighted by atomic mass is 10.2. The number of hydrogen-bond donors (Lipinski definition) is 1. The van der Waals surface area contributed by atoms with E-state index in [1.807, 2.05) is 6.92 Å². The number of sulfonamides is 1. The van der Waals surface area contributed by atoms with Gasteiger partial charge in [-0.1, -0.05) is 6.07 Å². The van der Waals surface area contributed by atoms with E-state index in [-0.39, 0.29) is 4.90 Å². The second-order valence-corrected chi connectivity index (χ2v) is 4.81. The predicted octanol–water partition coefficient (Wildman–Crippen LogP) is -0.382. The second-order valence-electron chi connectivity index (χ2n) is 3.25. The number of primary sulfonamides is 1. The number of rotatable bonds is 2. The van der Waals surface area contributed by atoms with Gasteiger partial charge in [-0.15, -0.1) is 5.10 Å². The molecular formula is C8H9N5O2S. The molecule has 84 valence electrons. The van der Waals surface area contributed by atoms with Crippen LogP contribution < -0.4 is 5.14 Å². The fraction of sp³-hybridized carbons (Fsp3) is 0.125. The molecule has 2 N–H and O–H groups in total. The third-order valence-electron chi connectivity index (χ3n) is 2.10. The molecule has 2 rings (SSSR count). The molecule has 0 saturated heterocycles. The first-order valence-corrected chi connectivity index (χ1v) is 5.90. The van der Waals surface area contributed by atoms with Gasteiger partial charge in [-0.3, -0.25) is 0 Å². The van der Waals surface area contributed by atoms with Gasteiger partial charge in [0.05, 0.1) is 10.6 Å². The molecule has 8 heteroatoms. The van der Waals surface area contributed by atoms with Crippen LogP contribution in [0.25, 0.3) is 5.69 Å². The minimum Gasteiger partial charge on any atom is -0.225 e. The van der Waals surface area contributed by atoms with E-state index in [1.54, 1.807) is 6.07 Å². The number of nitrogens with zero attached hydrogens (tertiary/aromatic N) is 4. The predicted molar refractivity (Wildman–Crippen MR) is 55.3 cm³/mol. The highest BCUT2D eigenvalue weighted by Crippen LogP contribution is 2.17. The van der Waals surface area contributed by atoms with Gasteiger partial charge in [0.2, 0.25) is 10.0 Å². The molecule has 0 spiro atoms. The van der Waals surface area contributed by atoms with Crippen molar-refractivity contribution < 1.29 is 8.42 Å². The Kier molecular flexibility index (Phi) is 2.44. The standard InChI is InChI=1S/C8H9N5O2S/c1-6-2-3-7(16(9,14)15)4-8(6)13-5-10-11-12-13/h2-5H,1H3,(H2,9,14,15). The lowest BCUT2D eigenvalue weighted by Gasteiger charge is -2.06. The van der Waals surface area contributed by atoms with Crippen molar-refractivity contribution in [2.75, 3.05) is 0 Å². The highest BCUT2D eigenvalue weighted by Gasteiger charge is 2.11. The van der Waals surface area contributed by atoms with Crippen molar-refractivity contribution in [3.05, 3.63) is 30.1 Å². The van der Waals surface area contributed by atoms with Gasteiger partial charge < -0.3 is 0 Å². The van der Waals surface area contributed by atoms with Crippen molar-refractivity contribution in [2.45, 2.75) is 11.8 Å². The first-order valence-electron chi connectivity index (χ1n) is 4.35. The molecule has 0 saturated carbocycles. The molecule has 0 aliphatic carbocycles. The Morgan fingerprint density at radius 2 is 2.12 bits per heavy atom. The van der Waals surface area contributed by atoms with Crippen molar-refractivity contribution in [2.24, 2.45) is 5.14 Å². The molecule has 0 radical (unpaired) electrons. The van der Waals surface area contributed by atoms with Gasteiger partial charge in [-0.05, 0) is 35.0 Å². The molecular weight excluding hydrogens is 230 g/mol. The Hall–Kier alpha value is -1.80. The van der Waals surface area contributed by atoms with E-state index in [0.717, 1.165) is 5.56 Å². The van der Waals surface area contributed by atoms with Gasteiger partial charge >= 0.3 is 0 Å². The zero-order valence-corrected chi connectivity index (χ0v) is 9.22. The van der Waals surface area contributed by atoms with E-state index in [0.29, 0.717) is 5.69 Å². The summed E-state index contributed by atoms with van der Waals surface area (Å²) in [6.07, 6.45) is 1.38. The van der Waals surface area contributed by atoms with E-state index in [2.05, 4.69) is 15.5 Å². The highest BCUT2D eigenvalue weighted by molar-refractivity contribution is 7.89. The maximum atomic E-state index is 11.2. The first-order chi connectivity index (χ1) is 7.48. The van der Waals surface area contributed by atoms with E-state index >= 15 is 0 Å². The SMILES string of the molecule is Cc1ccc(S(N)(=O)=O)cc1-n1cnnn1. The Bertz CT molecular complexity index is 605. The fourth-order valence-electron chi connectivity index (χ4n) is 1.28. The lowest BCUT2D eigenvalue weighted by Crippen LogP contribution is -2.13. The Morgan fingerprint density at radius 1 is 1.38 bits per heavy atom. The summed E-state index contributed by atoms with van der Waals surface area (Å²) in [4.78, 5) is 0.0311. The normalized spacial score (nSPS) is 11.6. The molecule has 0 atom stereocenters. The molecule has 0 amide bonds. The average Bonchev–Trinajstić information content (AvgIpc) is 2.69. The van der Waals surface area contributed by atoms with Crippen molar-refractivity contribution >= 4 is 10.0 Å². The van der Waals surface area contributed by atoms with Crippen LogP contribution in [0.5, 0.6) is 0 Å². The van der Waals surface area contributed by atoms with Crippen LogP contribution in [-0.4, -0.2) is 28.6 Å². The van der Waals surface area contributed by atoms with Gasteiger partial charge in [0.15, 0.2) is 0 Å². The number of aromatic nitrogens is 4. The van der Waals surface area contributed by atoms with Gasteiger partial charge in [0.1, 0.15) is 6.33 Å². The zero-order chi connectivity index (χ0) is 11.8. The van der Waals surface area contributed by atoms with Crippen LogP contribution in [0.1, 0.15) is 5.56 Å². The number of aryl methyl sites for hydroxylation is 1. The maximum absolute atomic E-state index is 11.2. The lowest BCUT2D eigenvalue weighted by molar-refractivity contribution is 0.597. The number of benzene rings is 1. The fourth-order valence-corrected chi connectivity index (χ4v) is 1.82. The molecule has 1 aromatic carbocycles. The average molecular weight is 239 g/mol. The molecule has 1 heterocycles. The summed E-state index contributed by atoms with van der Waals surface area (Å²) in [6, 6.07) is 4.52. The number of nitrogens with two attached hydrogens (primary N) is 1. The number of hydrogen-bond acceptors (Lipinski definition) is 5. The summed E-state index contributed by atoms with van der Waals surface area (Å²) < 4.78 is 23.7. The van der Waals surface area contributed by atoms with Crippen molar-refractivity contribution in [3.63, 3.8) is 0 Å². The van der Waals surface area contributed by atoms with Crippen LogP contribution >= 0.6 is 0 Å². The summed E-state index contributed by atoms with van der Waals surface area (Å²) >= 11 is 0. The summed E-state index contributed by atoms with van der Waals surface area (Å²) in [5, 5.41) is 15.7.